The average Bonchev–Trinajstić information content (AvgIpc) is 3.28. The van der Waals surface area contributed by atoms with Gasteiger partial charge in [0.2, 0.25) is 0 Å². The average molecular weight is 883 g/mol. The molecule has 0 N–H and O–H groups in total. The molecule has 0 saturated heterocycles. The first-order valence-corrected chi connectivity index (χ1v) is 27.1. The van der Waals surface area contributed by atoms with Crippen LogP contribution in [0.5, 0.6) is 0 Å². The third-order valence-electron chi connectivity index (χ3n) is 11.8. The zero-order valence-corrected chi connectivity index (χ0v) is 41.8. The van der Waals surface area contributed by atoms with Crippen LogP contribution in [0.3, 0.4) is 0 Å². The van der Waals surface area contributed by atoms with Crippen LogP contribution in [-0.2, 0) is 28.6 Å². The first-order valence-electron chi connectivity index (χ1n) is 27.1. The molecule has 0 heterocycles. The van der Waals surface area contributed by atoms with Gasteiger partial charge < -0.3 is 14.2 Å². The number of rotatable bonds is 49. The van der Waals surface area contributed by atoms with Gasteiger partial charge in [-0.05, 0) is 77.0 Å². The molecular formula is C57H102O6. The summed E-state index contributed by atoms with van der Waals surface area (Å²) in [6.07, 6.45) is 62.4. The van der Waals surface area contributed by atoms with Crippen molar-refractivity contribution in [1.82, 2.24) is 0 Å². The molecule has 0 amide bonds. The van der Waals surface area contributed by atoms with Crippen molar-refractivity contribution in [1.29, 1.82) is 0 Å². The highest BCUT2D eigenvalue weighted by atomic mass is 16.6. The van der Waals surface area contributed by atoms with E-state index in [1.807, 2.05) is 0 Å². The van der Waals surface area contributed by atoms with E-state index >= 15 is 0 Å². The van der Waals surface area contributed by atoms with E-state index in [9.17, 15) is 14.4 Å². The number of allylic oxidation sites excluding steroid dienone is 8. The van der Waals surface area contributed by atoms with Gasteiger partial charge in [0.1, 0.15) is 13.2 Å². The van der Waals surface area contributed by atoms with Gasteiger partial charge in [-0.1, -0.05) is 230 Å². The van der Waals surface area contributed by atoms with E-state index in [2.05, 4.69) is 69.4 Å². The Bertz CT molecular complexity index is 1110. The third kappa shape index (κ3) is 50.2. The second-order valence-electron chi connectivity index (χ2n) is 18.1. The first-order chi connectivity index (χ1) is 31.0. The molecule has 1 atom stereocenters. The van der Waals surface area contributed by atoms with Crippen LogP contribution in [0.2, 0.25) is 0 Å². The van der Waals surface area contributed by atoms with Crippen LogP contribution < -0.4 is 0 Å². The lowest BCUT2D eigenvalue weighted by Crippen LogP contribution is -2.30. The molecule has 0 spiro atoms. The smallest absolute Gasteiger partial charge is 0.306 e. The van der Waals surface area contributed by atoms with E-state index in [-0.39, 0.29) is 31.1 Å². The highest BCUT2D eigenvalue weighted by Crippen LogP contribution is 2.16. The van der Waals surface area contributed by atoms with Crippen LogP contribution in [0.15, 0.2) is 48.6 Å². The Hall–Kier alpha value is -2.63. The molecule has 0 fully saturated rings. The maximum Gasteiger partial charge on any atom is 0.306 e. The van der Waals surface area contributed by atoms with Gasteiger partial charge in [-0.15, -0.1) is 0 Å². The standard InChI is InChI=1S/C57H102O6/c1-4-7-10-13-16-19-22-24-26-28-30-32-35-37-40-43-46-49-55(58)61-52-54(63-57(60)51-48-45-42-39-34-21-18-15-12-9-6-3)53-62-56(59)50-47-44-41-38-36-33-31-29-27-25-23-20-17-14-11-8-5-2/h15-16,18-19,24,26,30,32,54H,4-14,17,20-23,25,27-29,31,33-53H2,1-3H3/b18-15-,19-16-,26-24-,32-30-/t54-/m1/s1. The molecule has 0 rings (SSSR count). The van der Waals surface area contributed by atoms with E-state index in [1.165, 1.54) is 141 Å². The highest BCUT2D eigenvalue weighted by molar-refractivity contribution is 5.71. The molecule has 0 bridgehead atoms. The van der Waals surface area contributed by atoms with Crippen molar-refractivity contribution < 1.29 is 28.6 Å². The van der Waals surface area contributed by atoms with Crippen molar-refractivity contribution in [2.45, 2.75) is 284 Å². The lowest BCUT2D eigenvalue weighted by atomic mass is 10.0. The molecule has 0 saturated carbocycles. The summed E-state index contributed by atoms with van der Waals surface area (Å²) >= 11 is 0. The molecule has 6 nitrogen and oxygen atoms in total. The predicted molar refractivity (Wildman–Crippen MR) is 270 cm³/mol. The molecule has 63 heavy (non-hydrogen) atoms. The molecule has 0 radical (unpaired) electrons. The van der Waals surface area contributed by atoms with Crippen molar-refractivity contribution in [2.24, 2.45) is 0 Å². The Balaban J connectivity index is 4.35. The summed E-state index contributed by atoms with van der Waals surface area (Å²) in [6.45, 7) is 6.57. The second-order valence-corrected chi connectivity index (χ2v) is 18.1. The molecular weight excluding hydrogens is 781 g/mol. The normalized spacial score (nSPS) is 12.4. The van der Waals surface area contributed by atoms with Crippen molar-refractivity contribution in [3.63, 3.8) is 0 Å². The molecule has 0 aromatic rings. The Labute approximate surface area is 390 Å². The number of esters is 3. The zero-order chi connectivity index (χ0) is 45.8. The van der Waals surface area contributed by atoms with Crippen LogP contribution in [0.25, 0.3) is 0 Å². The number of carbonyl (C=O) groups is 3. The van der Waals surface area contributed by atoms with Crippen LogP contribution >= 0.6 is 0 Å². The summed E-state index contributed by atoms with van der Waals surface area (Å²) in [5.74, 6) is -0.904. The summed E-state index contributed by atoms with van der Waals surface area (Å²) in [4.78, 5) is 38.0. The van der Waals surface area contributed by atoms with E-state index in [4.69, 9.17) is 14.2 Å². The quantitative estimate of drug-likeness (QED) is 0.0262. The predicted octanol–water partition coefficient (Wildman–Crippen LogP) is 17.9. The highest BCUT2D eigenvalue weighted by Gasteiger charge is 2.19. The number of unbranched alkanes of at least 4 members (excludes halogenated alkanes) is 30. The van der Waals surface area contributed by atoms with E-state index in [0.717, 1.165) is 96.3 Å². The molecule has 0 aromatic heterocycles. The second kappa shape index (κ2) is 52.0. The van der Waals surface area contributed by atoms with Gasteiger partial charge >= 0.3 is 17.9 Å². The minimum absolute atomic E-state index is 0.0813. The van der Waals surface area contributed by atoms with Gasteiger partial charge in [-0.2, -0.15) is 0 Å². The number of ether oxygens (including phenoxy) is 3. The SMILES string of the molecule is CCCC/C=C\CCCCCCCC(=O)O[C@H](COC(=O)CCCCCC/C=C\C/C=C\C/C=C\CCCCC)COC(=O)CCCCCCCCCCCCCCCCCCC. The molecule has 0 aliphatic rings. The Morgan fingerprint density at radius 1 is 0.317 bits per heavy atom. The van der Waals surface area contributed by atoms with Gasteiger partial charge in [-0.3, -0.25) is 14.4 Å². The van der Waals surface area contributed by atoms with Gasteiger partial charge in [0.15, 0.2) is 6.10 Å². The maximum atomic E-state index is 12.8. The fourth-order valence-corrected chi connectivity index (χ4v) is 7.67. The summed E-state index contributed by atoms with van der Waals surface area (Å²) in [7, 11) is 0. The molecule has 6 heteroatoms. The minimum atomic E-state index is -0.783. The molecule has 0 aliphatic carbocycles. The largest absolute Gasteiger partial charge is 0.462 e. The van der Waals surface area contributed by atoms with Gasteiger partial charge in [0, 0.05) is 19.3 Å². The molecule has 0 aliphatic heterocycles. The number of hydrogen-bond acceptors (Lipinski definition) is 6. The summed E-state index contributed by atoms with van der Waals surface area (Å²) in [5.41, 5.74) is 0. The number of carbonyl (C=O) groups excluding carboxylic acids is 3. The van der Waals surface area contributed by atoms with Crippen molar-refractivity contribution >= 4 is 17.9 Å². The van der Waals surface area contributed by atoms with Crippen LogP contribution in [0.4, 0.5) is 0 Å². The number of hydrogen-bond donors (Lipinski definition) is 0. The Morgan fingerprint density at radius 3 is 0.984 bits per heavy atom. The summed E-state index contributed by atoms with van der Waals surface area (Å²) < 4.78 is 16.8. The summed E-state index contributed by atoms with van der Waals surface area (Å²) in [5, 5.41) is 0. The molecule has 366 valence electrons. The Morgan fingerprint density at radius 2 is 0.587 bits per heavy atom. The fraction of sp³-hybridized carbons (Fsp3) is 0.807. The monoisotopic (exact) mass is 883 g/mol. The molecule has 0 aromatic carbocycles. The van der Waals surface area contributed by atoms with Crippen molar-refractivity contribution in [2.75, 3.05) is 13.2 Å². The molecule has 0 unspecified atom stereocenters. The van der Waals surface area contributed by atoms with Crippen LogP contribution in [0, 0.1) is 0 Å². The summed E-state index contributed by atoms with van der Waals surface area (Å²) in [6, 6.07) is 0. The van der Waals surface area contributed by atoms with Gasteiger partial charge in [0.05, 0.1) is 0 Å². The Kier molecular flexibility index (Phi) is 49.8. The van der Waals surface area contributed by atoms with Gasteiger partial charge in [-0.25, -0.2) is 0 Å². The van der Waals surface area contributed by atoms with E-state index < -0.39 is 6.10 Å². The first kappa shape index (κ1) is 60.4. The van der Waals surface area contributed by atoms with E-state index in [1.54, 1.807) is 0 Å². The van der Waals surface area contributed by atoms with Crippen molar-refractivity contribution in [3.05, 3.63) is 48.6 Å². The lowest BCUT2D eigenvalue weighted by Gasteiger charge is -2.18. The maximum absolute atomic E-state index is 12.8. The van der Waals surface area contributed by atoms with Crippen LogP contribution in [0.1, 0.15) is 278 Å². The van der Waals surface area contributed by atoms with Crippen molar-refractivity contribution in [3.8, 4) is 0 Å². The third-order valence-corrected chi connectivity index (χ3v) is 11.8. The van der Waals surface area contributed by atoms with Crippen LogP contribution in [-0.4, -0.2) is 37.2 Å². The van der Waals surface area contributed by atoms with Gasteiger partial charge in [0.25, 0.3) is 0 Å². The fourth-order valence-electron chi connectivity index (χ4n) is 7.67. The minimum Gasteiger partial charge on any atom is -0.462 e. The lowest BCUT2D eigenvalue weighted by molar-refractivity contribution is -0.167. The van der Waals surface area contributed by atoms with E-state index in [0.29, 0.717) is 19.3 Å². The topological polar surface area (TPSA) is 78.9 Å². The zero-order valence-electron chi connectivity index (χ0n) is 41.8.